The van der Waals surface area contributed by atoms with E-state index in [1.54, 1.807) is 10.9 Å². The molecule has 2 unspecified atom stereocenters. The first-order valence-electron chi connectivity index (χ1n) is 7.87. The lowest BCUT2D eigenvalue weighted by molar-refractivity contribution is 0.153. The number of rotatable bonds is 2. The van der Waals surface area contributed by atoms with Crippen LogP contribution in [0.5, 0.6) is 0 Å². The highest BCUT2D eigenvalue weighted by molar-refractivity contribution is 5.89. The van der Waals surface area contributed by atoms with Gasteiger partial charge in [-0.15, -0.1) is 0 Å². The van der Waals surface area contributed by atoms with Crippen LogP contribution in [-0.4, -0.2) is 57.8 Å². The maximum absolute atomic E-state index is 12.5. The summed E-state index contributed by atoms with van der Waals surface area (Å²) >= 11 is 0. The Bertz CT molecular complexity index is 763. The molecule has 3 heterocycles. The van der Waals surface area contributed by atoms with Crippen LogP contribution in [0.15, 0.2) is 41.3 Å². The molecule has 4 rings (SSSR count). The van der Waals surface area contributed by atoms with Gasteiger partial charge in [0.1, 0.15) is 0 Å². The number of carbonyl (C=O) groups excluding carboxylic acids is 1. The molecule has 0 spiro atoms. The van der Waals surface area contributed by atoms with Crippen LogP contribution in [0.2, 0.25) is 0 Å². The average molecular weight is 313 g/mol. The van der Waals surface area contributed by atoms with Gasteiger partial charge in [0.05, 0.1) is 5.69 Å². The molecule has 2 saturated heterocycles. The van der Waals surface area contributed by atoms with Gasteiger partial charge in [0.15, 0.2) is 0 Å². The number of hydrogen-bond donors (Lipinski definition) is 2. The van der Waals surface area contributed by atoms with Crippen molar-refractivity contribution in [2.75, 3.05) is 31.5 Å². The summed E-state index contributed by atoms with van der Waals surface area (Å²) in [7, 11) is 0. The number of aromatic nitrogens is 2. The van der Waals surface area contributed by atoms with Gasteiger partial charge < -0.3 is 10.2 Å². The molecule has 7 nitrogen and oxygen atoms in total. The van der Waals surface area contributed by atoms with Gasteiger partial charge in [-0.3, -0.25) is 19.5 Å². The first kappa shape index (κ1) is 14.1. The van der Waals surface area contributed by atoms with E-state index in [4.69, 9.17) is 0 Å². The van der Waals surface area contributed by atoms with Crippen LogP contribution in [0.4, 0.5) is 10.5 Å². The highest BCUT2D eigenvalue weighted by Gasteiger charge is 2.34. The molecule has 1 aromatic carbocycles. The number of amides is 2. The molecule has 0 radical (unpaired) electrons. The standard InChI is InChI=1S/C16H19N5O2/c22-15-6-8-21(18-15)13-3-1-12(2-4-13)17-16(23)20-10-9-19-7-5-14(20)11-19/h1-4,6,8,14H,5,7,9-11H2,(H,17,23)(H,18,22). The molecular formula is C16H19N5O2. The van der Waals surface area contributed by atoms with Crippen molar-refractivity contribution in [1.82, 2.24) is 19.6 Å². The quantitative estimate of drug-likeness (QED) is 0.871. The summed E-state index contributed by atoms with van der Waals surface area (Å²) in [6, 6.07) is 9.19. The first-order valence-corrected chi connectivity index (χ1v) is 7.87. The Morgan fingerprint density at radius 2 is 1.96 bits per heavy atom. The molecule has 2 N–H and O–H groups in total. The minimum Gasteiger partial charge on any atom is -0.319 e. The summed E-state index contributed by atoms with van der Waals surface area (Å²) in [4.78, 5) is 28.0. The molecule has 0 saturated carbocycles. The molecule has 2 aliphatic heterocycles. The molecule has 2 amide bonds. The number of nitrogens with one attached hydrogen (secondary N) is 2. The van der Waals surface area contributed by atoms with Crippen molar-refractivity contribution in [3.63, 3.8) is 0 Å². The fraction of sp³-hybridized carbons (Fsp3) is 0.375. The fourth-order valence-corrected chi connectivity index (χ4v) is 3.36. The summed E-state index contributed by atoms with van der Waals surface area (Å²) < 4.78 is 1.64. The minimum atomic E-state index is -0.141. The average Bonchev–Trinajstić information content (AvgIpc) is 3.15. The lowest BCUT2D eigenvalue weighted by atomic mass is 10.2. The van der Waals surface area contributed by atoms with Gasteiger partial charge in [-0.1, -0.05) is 0 Å². The highest BCUT2D eigenvalue weighted by Crippen LogP contribution is 2.21. The number of anilines is 1. The number of nitrogens with zero attached hydrogens (tertiary/aromatic N) is 3. The second-order valence-corrected chi connectivity index (χ2v) is 6.08. The molecule has 2 aliphatic rings. The zero-order valence-electron chi connectivity index (χ0n) is 12.7. The van der Waals surface area contributed by atoms with Crippen molar-refractivity contribution in [3.05, 3.63) is 46.9 Å². The molecule has 120 valence electrons. The number of hydrogen-bond acceptors (Lipinski definition) is 3. The van der Waals surface area contributed by atoms with Gasteiger partial charge in [0.2, 0.25) is 0 Å². The molecule has 1 aromatic heterocycles. The van der Waals surface area contributed by atoms with Gasteiger partial charge in [0.25, 0.3) is 5.56 Å². The third-order valence-electron chi connectivity index (χ3n) is 4.61. The molecular weight excluding hydrogens is 294 g/mol. The number of piperazine rings is 1. The number of fused-ring (bicyclic) bond motifs is 2. The van der Waals surface area contributed by atoms with E-state index in [-0.39, 0.29) is 11.6 Å². The van der Waals surface area contributed by atoms with Crippen LogP contribution in [0.25, 0.3) is 5.69 Å². The highest BCUT2D eigenvalue weighted by atomic mass is 16.2. The zero-order valence-corrected chi connectivity index (χ0v) is 12.7. The monoisotopic (exact) mass is 313 g/mol. The minimum absolute atomic E-state index is 0.0290. The Hall–Kier alpha value is -2.54. The number of carbonyl (C=O) groups is 1. The van der Waals surface area contributed by atoms with Crippen molar-refractivity contribution >= 4 is 11.7 Å². The van der Waals surface area contributed by atoms with Gasteiger partial charge in [-0.25, -0.2) is 4.79 Å². The van der Waals surface area contributed by atoms with Crippen molar-refractivity contribution in [2.45, 2.75) is 12.5 Å². The number of H-pyrrole nitrogens is 1. The lowest BCUT2D eigenvalue weighted by Crippen LogP contribution is -2.50. The Kier molecular flexibility index (Phi) is 3.42. The molecule has 7 heteroatoms. The van der Waals surface area contributed by atoms with E-state index in [0.717, 1.165) is 44.0 Å². The predicted octanol–water partition coefficient (Wildman–Crippen LogP) is 1.09. The maximum Gasteiger partial charge on any atom is 0.322 e. The zero-order chi connectivity index (χ0) is 15.8. The summed E-state index contributed by atoms with van der Waals surface area (Å²) in [6.07, 6.45) is 2.74. The number of benzene rings is 1. The normalized spacial score (nSPS) is 23.0. The van der Waals surface area contributed by atoms with E-state index in [1.165, 1.54) is 6.07 Å². The molecule has 2 atom stereocenters. The Balaban J connectivity index is 1.44. The van der Waals surface area contributed by atoms with E-state index in [1.807, 2.05) is 29.2 Å². The smallest absolute Gasteiger partial charge is 0.319 e. The van der Waals surface area contributed by atoms with Crippen LogP contribution in [0, 0.1) is 0 Å². The van der Waals surface area contributed by atoms with Crippen molar-refractivity contribution in [2.24, 2.45) is 0 Å². The van der Waals surface area contributed by atoms with Crippen molar-refractivity contribution < 1.29 is 4.79 Å². The van der Waals surface area contributed by atoms with Gasteiger partial charge in [-0.2, -0.15) is 0 Å². The van der Waals surface area contributed by atoms with Crippen LogP contribution >= 0.6 is 0 Å². The Morgan fingerprint density at radius 3 is 2.70 bits per heavy atom. The van der Waals surface area contributed by atoms with Crippen LogP contribution in [-0.2, 0) is 0 Å². The largest absolute Gasteiger partial charge is 0.322 e. The second kappa shape index (κ2) is 5.58. The summed E-state index contributed by atoms with van der Waals surface area (Å²) in [6.45, 7) is 3.84. The van der Waals surface area contributed by atoms with E-state index < -0.39 is 0 Å². The topological polar surface area (TPSA) is 73.4 Å². The fourth-order valence-electron chi connectivity index (χ4n) is 3.36. The number of urea groups is 1. The second-order valence-electron chi connectivity index (χ2n) is 6.08. The van der Waals surface area contributed by atoms with Gasteiger partial charge in [-0.05, 0) is 30.7 Å². The molecule has 2 bridgehead atoms. The number of aromatic amines is 1. The van der Waals surface area contributed by atoms with E-state index in [0.29, 0.717) is 6.04 Å². The van der Waals surface area contributed by atoms with Crippen molar-refractivity contribution in [3.8, 4) is 5.69 Å². The lowest BCUT2D eigenvalue weighted by Gasteiger charge is -2.34. The third kappa shape index (κ3) is 2.75. The van der Waals surface area contributed by atoms with Crippen molar-refractivity contribution in [1.29, 1.82) is 0 Å². The van der Waals surface area contributed by atoms with Gasteiger partial charge in [0, 0.05) is 50.2 Å². The molecule has 2 fully saturated rings. The Labute approximate surface area is 133 Å². The SMILES string of the molecule is O=C(Nc1ccc(-n2ccc(=O)[nH]2)cc1)N1CCN2CCC1C2. The first-order chi connectivity index (χ1) is 11.2. The summed E-state index contributed by atoms with van der Waals surface area (Å²) in [5.74, 6) is 0. The van der Waals surface area contributed by atoms with E-state index >= 15 is 0 Å². The summed E-state index contributed by atoms with van der Waals surface area (Å²) in [5.41, 5.74) is 1.46. The molecule has 0 aliphatic carbocycles. The van der Waals surface area contributed by atoms with Gasteiger partial charge >= 0.3 is 6.03 Å². The predicted molar refractivity (Wildman–Crippen MR) is 87.0 cm³/mol. The summed E-state index contributed by atoms with van der Waals surface area (Å²) in [5, 5.41) is 5.65. The Morgan fingerprint density at radius 1 is 1.13 bits per heavy atom. The van der Waals surface area contributed by atoms with Crippen LogP contribution in [0.1, 0.15) is 6.42 Å². The van der Waals surface area contributed by atoms with E-state index in [9.17, 15) is 9.59 Å². The van der Waals surface area contributed by atoms with E-state index in [2.05, 4.69) is 15.3 Å². The molecule has 2 aromatic rings. The third-order valence-corrected chi connectivity index (χ3v) is 4.61. The maximum atomic E-state index is 12.5. The van der Waals surface area contributed by atoms with Crippen LogP contribution in [0.3, 0.4) is 0 Å². The molecule has 23 heavy (non-hydrogen) atoms. The van der Waals surface area contributed by atoms with Crippen LogP contribution < -0.4 is 10.9 Å².